The van der Waals surface area contributed by atoms with Crippen LogP contribution in [0.25, 0.3) is 0 Å². The van der Waals surface area contributed by atoms with Crippen LogP contribution in [0.4, 0.5) is 0 Å². The van der Waals surface area contributed by atoms with E-state index in [1.165, 1.54) is 6.20 Å². The van der Waals surface area contributed by atoms with Gasteiger partial charge in [0.25, 0.3) is 0 Å². The molecule has 84 valence electrons. The minimum Gasteiger partial charge on any atom is -0.325 e. The molecule has 0 saturated carbocycles. The van der Waals surface area contributed by atoms with Crippen LogP contribution in [0.1, 0.15) is 44.1 Å². The van der Waals surface area contributed by atoms with Crippen molar-refractivity contribution in [3.05, 3.63) is 11.9 Å². The second kappa shape index (κ2) is 4.53. The molecular formula is C10H18N4O. The molecule has 1 aromatic rings. The van der Waals surface area contributed by atoms with E-state index in [2.05, 4.69) is 10.3 Å². The van der Waals surface area contributed by atoms with Gasteiger partial charge in [-0.2, -0.15) is 0 Å². The maximum Gasteiger partial charge on any atom is 0.184 e. The van der Waals surface area contributed by atoms with E-state index in [1.54, 1.807) is 4.68 Å². The molecule has 0 atom stereocenters. The summed E-state index contributed by atoms with van der Waals surface area (Å²) in [6.45, 7) is 6.41. The molecule has 0 aliphatic carbocycles. The molecule has 0 radical (unpaired) electrons. The lowest BCUT2D eigenvalue weighted by Gasteiger charge is -2.16. The van der Waals surface area contributed by atoms with E-state index in [9.17, 15) is 4.79 Å². The second-order valence-electron chi connectivity index (χ2n) is 4.43. The van der Waals surface area contributed by atoms with Crippen LogP contribution in [-0.4, -0.2) is 26.3 Å². The minimum absolute atomic E-state index is 0.000880. The first-order valence-electron chi connectivity index (χ1n) is 5.14. The van der Waals surface area contributed by atoms with Crippen LogP contribution in [0, 0.1) is 0 Å². The number of hydrogen-bond donors (Lipinski definition) is 1. The van der Waals surface area contributed by atoms with Gasteiger partial charge >= 0.3 is 0 Å². The summed E-state index contributed by atoms with van der Waals surface area (Å²) in [6, 6.07) is 0. The number of nitrogens with two attached hydrogens (primary N) is 1. The summed E-state index contributed by atoms with van der Waals surface area (Å²) in [4.78, 5) is 11.8. The van der Waals surface area contributed by atoms with Gasteiger partial charge in [-0.05, 0) is 20.3 Å². The van der Waals surface area contributed by atoms with Crippen molar-refractivity contribution in [2.24, 2.45) is 5.73 Å². The van der Waals surface area contributed by atoms with E-state index >= 15 is 0 Å². The minimum atomic E-state index is -0.488. The van der Waals surface area contributed by atoms with Crippen LogP contribution in [-0.2, 0) is 6.54 Å². The first kappa shape index (κ1) is 11.8. The lowest BCUT2D eigenvalue weighted by atomic mass is 9.98. The third-order valence-electron chi connectivity index (χ3n) is 1.95. The Bertz CT molecular complexity index is 337. The fourth-order valence-electron chi connectivity index (χ4n) is 1.35. The highest BCUT2D eigenvalue weighted by atomic mass is 16.1. The fourth-order valence-corrected chi connectivity index (χ4v) is 1.35. The van der Waals surface area contributed by atoms with E-state index in [-0.39, 0.29) is 5.78 Å². The van der Waals surface area contributed by atoms with E-state index in [1.807, 2.05) is 20.8 Å². The van der Waals surface area contributed by atoms with Crippen molar-refractivity contribution >= 4 is 5.78 Å². The van der Waals surface area contributed by atoms with Crippen LogP contribution in [0.15, 0.2) is 6.20 Å². The highest BCUT2D eigenvalue weighted by molar-refractivity contribution is 5.94. The third kappa shape index (κ3) is 3.43. The molecule has 2 N–H and O–H groups in total. The summed E-state index contributed by atoms with van der Waals surface area (Å²) in [5.41, 5.74) is 5.86. The zero-order valence-corrected chi connectivity index (χ0v) is 9.53. The number of ketones is 1. The molecule has 0 spiro atoms. The predicted molar refractivity (Wildman–Crippen MR) is 57.5 cm³/mol. The van der Waals surface area contributed by atoms with Gasteiger partial charge in [-0.25, -0.2) is 4.68 Å². The number of rotatable bonds is 5. The Kier molecular flexibility index (Phi) is 3.57. The van der Waals surface area contributed by atoms with Crippen molar-refractivity contribution in [2.75, 3.05) is 0 Å². The van der Waals surface area contributed by atoms with E-state index in [0.717, 1.165) is 6.42 Å². The zero-order valence-electron chi connectivity index (χ0n) is 9.53. The number of aryl methyl sites for hydroxylation is 1. The van der Waals surface area contributed by atoms with Crippen molar-refractivity contribution in [3.63, 3.8) is 0 Å². The van der Waals surface area contributed by atoms with Crippen LogP contribution in [0.2, 0.25) is 0 Å². The number of aromatic nitrogens is 3. The first-order chi connectivity index (χ1) is 6.94. The Balaban J connectivity index is 2.77. The normalized spacial score (nSPS) is 11.7. The SMILES string of the molecule is CCCn1nncc1C(=O)CC(C)(C)N. The monoisotopic (exact) mass is 210 g/mol. The number of carbonyl (C=O) groups is 1. The molecule has 1 aromatic heterocycles. The number of hydrogen-bond acceptors (Lipinski definition) is 4. The van der Waals surface area contributed by atoms with Crippen LogP contribution in [0.3, 0.4) is 0 Å². The van der Waals surface area contributed by atoms with Crippen molar-refractivity contribution in [3.8, 4) is 0 Å². The third-order valence-corrected chi connectivity index (χ3v) is 1.95. The zero-order chi connectivity index (χ0) is 11.5. The van der Waals surface area contributed by atoms with Crippen LogP contribution in [0.5, 0.6) is 0 Å². The largest absolute Gasteiger partial charge is 0.325 e. The van der Waals surface area contributed by atoms with Gasteiger partial charge < -0.3 is 5.73 Å². The highest BCUT2D eigenvalue weighted by Gasteiger charge is 2.20. The second-order valence-corrected chi connectivity index (χ2v) is 4.43. The molecule has 5 nitrogen and oxygen atoms in total. The Hall–Kier alpha value is -1.23. The summed E-state index contributed by atoms with van der Waals surface area (Å²) in [7, 11) is 0. The molecule has 0 aliphatic heterocycles. The van der Waals surface area contributed by atoms with E-state index in [4.69, 9.17) is 5.73 Å². The molecule has 0 aromatic carbocycles. The Morgan fingerprint density at radius 2 is 2.27 bits per heavy atom. The Morgan fingerprint density at radius 1 is 1.60 bits per heavy atom. The quantitative estimate of drug-likeness (QED) is 0.736. The smallest absolute Gasteiger partial charge is 0.184 e. The van der Waals surface area contributed by atoms with Gasteiger partial charge in [0.2, 0.25) is 0 Å². The summed E-state index contributed by atoms with van der Waals surface area (Å²) in [6.07, 6.45) is 2.74. The van der Waals surface area contributed by atoms with Crippen LogP contribution < -0.4 is 5.73 Å². The lowest BCUT2D eigenvalue weighted by molar-refractivity contribution is 0.0949. The molecule has 1 rings (SSSR count). The van der Waals surface area contributed by atoms with Gasteiger partial charge in [0, 0.05) is 18.5 Å². The van der Waals surface area contributed by atoms with Crippen molar-refractivity contribution in [1.29, 1.82) is 0 Å². The standard InChI is InChI=1S/C10H18N4O/c1-4-5-14-8(7-12-13-14)9(15)6-10(2,3)11/h7H,4-6,11H2,1-3H3. The molecule has 1 heterocycles. The topological polar surface area (TPSA) is 73.8 Å². The van der Waals surface area contributed by atoms with Crippen molar-refractivity contribution in [2.45, 2.75) is 45.7 Å². The molecule has 0 bridgehead atoms. The molecule has 0 amide bonds. The number of Topliss-reactive ketones (excluding diaryl/α,β-unsaturated/α-hetero) is 1. The highest BCUT2D eigenvalue weighted by Crippen LogP contribution is 2.10. The van der Waals surface area contributed by atoms with Crippen LogP contribution >= 0.6 is 0 Å². The van der Waals surface area contributed by atoms with Crippen molar-refractivity contribution < 1.29 is 4.79 Å². The van der Waals surface area contributed by atoms with Crippen molar-refractivity contribution in [1.82, 2.24) is 15.0 Å². The first-order valence-corrected chi connectivity index (χ1v) is 5.14. The number of nitrogens with zero attached hydrogens (tertiary/aromatic N) is 3. The maximum absolute atomic E-state index is 11.8. The number of carbonyl (C=O) groups excluding carboxylic acids is 1. The van der Waals surface area contributed by atoms with E-state index < -0.39 is 5.54 Å². The fraction of sp³-hybridized carbons (Fsp3) is 0.700. The van der Waals surface area contributed by atoms with Gasteiger partial charge in [-0.1, -0.05) is 12.1 Å². The van der Waals surface area contributed by atoms with Gasteiger partial charge in [0.15, 0.2) is 5.78 Å². The summed E-state index contributed by atoms with van der Waals surface area (Å²) in [5, 5.41) is 7.61. The van der Waals surface area contributed by atoms with Gasteiger partial charge in [0.1, 0.15) is 5.69 Å². The summed E-state index contributed by atoms with van der Waals surface area (Å²) in [5.74, 6) is 0.000880. The molecule has 0 aliphatic rings. The molecule has 0 unspecified atom stereocenters. The molecule has 5 heteroatoms. The average molecular weight is 210 g/mol. The van der Waals surface area contributed by atoms with Gasteiger partial charge in [-0.3, -0.25) is 4.79 Å². The van der Waals surface area contributed by atoms with Gasteiger partial charge in [0.05, 0.1) is 6.20 Å². The summed E-state index contributed by atoms with van der Waals surface area (Å²) < 4.78 is 1.63. The molecular weight excluding hydrogens is 192 g/mol. The maximum atomic E-state index is 11.8. The average Bonchev–Trinajstić information content (AvgIpc) is 2.49. The Morgan fingerprint density at radius 3 is 2.80 bits per heavy atom. The molecule has 0 saturated heterocycles. The molecule has 0 fully saturated rings. The molecule has 15 heavy (non-hydrogen) atoms. The Labute approximate surface area is 89.6 Å². The van der Waals surface area contributed by atoms with E-state index in [0.29, 0.717) is 18.7 Å². The summed E-state index contributed by atoms with van der Waals surface area (Å²) >= 11 is 0. The lowest BCUT2D eigenvalue weighted by Crippen LogP contribution is -2.35. The van der Waals surface area contributed by atoms with Gasteiger partial charge in [-0.15, -0.1) is 5.10 Å². The predicted octanol–water partition coefficient (Wildman–Crippen LogP) is 0.998.